The maximum absolute atomic E-state index is 6.30. The van der Waals surface area contributed by atoms with Crippen LogP contribution in [0.5, 0.6) is 0 Å². The number of benzene rings is 1. The topological polar surface area (TPSA) is 48.5 Å². The zero-order valence-corrected chi connectivity index (χ0v) is 12.4. The van der Waals surface area contributed by atoms with Gasteiger partial charge in [0.1, 0.15) is 12.2 Å². The molecule has 0 fully saturated rings. The van der Waals surface area contributed by atoms with Crippen LogP contribution in [-0.4, -0.2) is 24.3 Å². The molecule has 6 heteroatoms. The first kappa shape index (κ1) is 13.1. The molecule has 0 aliphatic heterocycles. The van der Waals surface area contributed by atoms with E-state index in [9.17, 15) is 0 Å². The van der Waals surface area contributed by atoms with E-state index < -0.39 is 0 Å². The Morgan fingerprint density at radius 1 is 1.15 bits per heavy atom. The van der Waals surface area contributed by atoms with Crippen LogP contribution in [0, 0.1) is 0 Å². The molecule has 0 N–H and O–H groups in total. The van der Waals surface area contributed by atoms with Crippen molar-refractivity contribution in [3.8, 4) is 0 Å². The Hall–Kier alpha value is -1.88. The van der Waals surface area contributed by atoms with E-state index in [2.05, 4.69) is 32.7 Å². The zero-order valence-electron chi connectivity index (χ0n) is 11.7. The Kier molecular flexibility index (Phi) is 3.22. The van der Waals surface area contributed by atoms with Gasteiger partial charge in [0, 0.05) is 7.05 Å². The molecule has 2 heterocycles. The zero-order chi connectivity index (χ0) is 14.3. The standard InChI is InChI=1S/C14H16ClN5/c1-9(15)13-17-11-6-4-5-7-12(11)20(13)10(2)14-18-16-8-19(14)3/h4-10H,1-3H3. The van der Waals surface area contributed by atoms with Gasteiger partial charge in [-0.1, -0.05) is 12.1 Å². The van der Waals surface area contributed by atoms with E-state index in [4.69, 9.17) is 11.6 Å². The van der Waals surface area contributed by atoms with Crippen molar-refractivity contribution in [2.24, 2.45) is 7.05 Å². The van der Waals surface area contributed by atoms with Crippen molar-refractivity contribution < 1.29 is 0 Å². The van der Waals surface area contributed by atoms with Crippen LogP contribution in [0.15, 0.2) is 30.6 Å². The lowest BCUT2D eigenvalue weighted by atomic mass is 10.2. The van der Waals surface area contributed by atoms with E-state index in [0.29, 0.717) is 0 Å². The maximum Gasteiger partial charge on any atom is 0.155 e. The van der Waals surface area contributed by atoms with Crippen LogP contribution in [-0.2, 0) is 7.05 Å². The number of para-hydroxylation sites is 2. The van der Waals surface area contributed by atoms with Crippen LogP contribution in [0.2, 0.25) is 0 Å². The van der Waals surface area contributed by atoms with Crippen LogP contribution in [0.3, 0.4) is 0 Å². The number of hydrogen-bond acceptors (Lipinski definition) is 3. The second kappa shape index (κ2) is 4.90. The highest BCUT2D eigenvalue weighted by Gasteiger charge is 2.22. The third kappa shape index (κ3) is 1.98. The number of nitrogens with zero attached hydrogens (tertiary/aromatic N) is 5. The van der Waals surface area contributed by atoms with Gasteiger partial charge >= 0.3 is 0 Å². The molecule has 2 atom stereocenters. The van der Waals surface area contributed by atoms with E-state index in [0.717, 1.165) is 22.7 Å². The first-order valence-corrected chi connectivity index (χ1v) is 6.98. The molecular formula is C14H16ClN5. The molecule has 104 valence electrons. The second-order valence-electron chi connectivity index (χ2n) is 4.92. The average Bonchev–Trinajstić information content (AvgIpc) is 3.01. The average molecular weight is 290 g/mol. The lowest BCUT2D eigenvalue weighted by molar-refractivity contribution is 0.563. The number of alkyl halides is 1. The molecule has 2 unspecified atom stereocenters. The SMILES string of the molecule is CC(Cl)c1nc2ccccc2n1C(C)c1nncn1C. The molecule has 0 bridgehead atoms. The third-order valence-corrected chi connectivity index (χ3v) is 3.68. The number of hydrogen-bond donors (Lipinski definition) is 0. The van der Waals surface area contributed by atoms with Crippen molar-refractivity contribution in [2.75, 3.05) is 0 Å². The summed E-state index contributed by atoms with van der Waals surface area (Å²) in [6.07, 6.45) is 1.70. The van der Waals surface area contributed by atoms with E-state index >= 15 is 0 Å². The Bertz CT molecular complexity index is 743. The number of aromatic nitrogens is 5. The fourth-order valence-corrected chi connectivity index (χ4v) is 2.69. The van der Waals surface area contributed by atoms with Gasteiger partial charge in [0.2, 0.25) is 0 Å². The molecule has 0 aliphatic rings. The predicted molar refractivity (Wildman–Crippen MR) is 78.8 cm³/mol. The first-order valence-electron chi connectivity index (χ1n) is 6.54. The molecule has 0 spiro atoms. The molecule has 20 heavy (non-hydrogen) atoms. The van der Waals surface area contributed by atoms with Crippen molar-refractivity contribution in [2.45, 2.75) is 25.3 Å². The molecule has 2 aromatic heterocycles. The molecule has 0 radical (unpaired) electrons. The van der Waals surface area contributed by atoms with Crippen molar-refractivity contribution >= 4 is 22.6 Å². The summed E-state index contributed by atoms with van der Waals surface area (Å²) in [6, 6.07) is 8.06. The number of imidazole rings is 1. The fourth-order valence-electron chi connectivity index (χ4n) is 2.54. The number of halogens is 1. The highest BCUT2D eigenvalue weighted by Crippen LogP contribution is 2.29. The predicted octanol–water partition coefficient (Wildman–Crippen LogP) is 3.07. The summed E-state index contributed by atoms with van der Waals surface area (Å²) in [4.78, 5) is 4.65. The molecule has 0 saturated heterocycles. The quantitative estimate of drug-likeness (QED) is 0.696. The van der Waals surface area contributed by atoms with Gasteiger partial charge in [-0.15, -0.1) is 21.8 Å². The van der Waals surface area contributed by atoms with Crippen LogP contribution in [0.1, 0.15) is 36.9 Å². The molecule has 5 nitrogen and oxygen atoms in total. The summed E-state index contributed by atoms with van der Waals surface area (Å²) in [7, 11) is 1.94. The molecule has 0 saturated carbocycles. The van der Waals surface area contributed by atoms with Crippen LogP contribution >= 0.6 is 11.6 Å². The third-order valence-electron chi connectivity index (χ3n) is 3.49. The number of rotatable bonds is 3. The van der Waals surface area contributed by atoms with Gasteiger partial charge in [0.05, 0.1) is 22.5 Å². The largest absolute Gasteiger partial charge is 0.319 e. The molecule has 3 rings (SSSR count). The Balaban J connectivity index is 2.23. The van der Waals surface area contributed by atoms with E-state index in [1.807, 2.05) is 36.7 Å². The Labute approximate surface area is 122 Å². The smallest absolute Gasteiger partial charge is 0.155 e. The van der Waals surface area contributed by atoms with Crippen LogP contribution in [0.4, 0.5) is 0 Å². The molecule has 0 amide bonds. The van der Waals surface area contributed by atoms with Crippen LogP contribution < -0.4 is 0 Å². The van der Waals surface area contributed by atoms with E-state index in [1.165, 1.54) is 0 Å². The van der Waals surface area contributed by atoms with Gasteiger partial charge in [0.25, 0.3) is 0 Å². The first-order chi connectivity index (χ1) is 9.59. The summed E-state index contributed by atoms with van der Waals surface area (Å²) >= 11 is 6.30. The van der Waals surface area contributed by atoms with Crippen molar-refractivity contribution in [1.29, 1.82) is 0 Å². The fraction of sp³-hybridized carbons (Fsp3) is 0.357. The maximum atomic E-state index is 6.30. The number of fused-ring (bicyclic) bond motifs is 1. The van der Waals surface area contributed by atoms with Gasteiger partial charge in [-0.05, 0) is 26.0 Å². The Morgan fingerprint density at radius 3 is 2.55 bits per heavy atom. The van der Waals surface area contributed by atoms with E-state index in [1.54, 1.807) is 6.33 Å². The van der Waals surface area contributed by atoms with Gasteiger partial charge in [-0.25, -0.2) is 4.98 Å². The lowest BCUT2D eigenvalue weighted by Crippen LogP contribution is -2.15. The number of aryl methyl sites for hydroxylation is 1. The summed E-state index contributed by atoms with van der Waals surface area (Å²) < 4.78 is 4.05. The van der Waals surface area contributed by atoms with E-state index in [-0.39, 0.29) is 11.4 Å². The summed E-state index contributed by atoms with van der Waals surface area (Å²) in [5.41, 5.74) is 2.01. The molecule has 1 aromatic carbocycles. The molecular weight excluding hydrogens is 274 g/mol. The summed E-state index contributed by atoms with van der Waals surface area (Å²) in [5.74, 6) is 1.73. The van der Waals surface area contributed by atoms with Gasteiger partial charge < -0.3 is 9.13 Å². The molecule has 0 aliphatic carbocycles. The van der Waals surface area contributed by atoms with Crippen LogP contribution in [0.25, 0.3) is 11.0 Å². The second-order valence-corrected chi connectivity index (χ2v) is 5.58. The summed E-state index contributed by atoms with van der Waals surface area (Å²) in [6.45, 7) is 4.02. The summed E-state index contributed by atoms with van der Waals surface area (Å²) in [5, 5.41) is 7.99. The van der Waals surface area contributed by atoms with Crippen molar-refractivity contribution in [3.05, 3.63) is 42.2 Å². The van der Waals surface area contributed by atoms with Crippen molar-refractivity contribution in [3.63, 3.8) is 0 Å². The highest BCUT2D eigenvalue weighted by atomic mass is 35.5. The normalized spacial score (nSPS) is 14.6. The minimum absolute atomic E-state index is 0.0195. The van der Waals surface area contributed by atoms with Gasteiger partial charge in [0.15, 0.2) is 5.82 Å². The minimum Gasteiger partial charge on any atom is -0.319 e. The van der Waals surface area contributed by atoms with Gasteiger partial charge in [-0.2, -0.15) is 0 Å². The highest BCUT2D eigenvalue weighted by molar-refractivity contribution is 6.20. The lowest BCUT2D eigenvalue weighted by Gasteiger charge is -2.17. The molecule has 3 aromatic rings. The minimum atomic E-state index is -0.168. The monoisotopic (exact) mass is 289 g/mol. The Morgan fingerprint density at radius 2 is 1.90 bits per heavy atom. The van der Waals surface area contributed by atoms with Gasteiger partial charge in [-0.3, -0.25) is 0 Å². The van der Waals surface area contributed by atoms with Crippen molar-refractivity contribution in [1.82, 2.24) is 24.3 Å².